The van der Waals surface area contributed by atoms with Crippen LogP contribution in [0.5, 0.6) is 0 Å². The Balaban J connectivity index is 1.71. The number of rotatable bonds is 1. The molecule has 0 aromatic carbocycles. The van der Waals surface area contributed by atoms with Crippen molar-refractivity contribution in [3.8, 4) is 0 Å². The molecule has 0 spiro atoms. The number of hydrogen-bond acceptors (Lipinski definition) is 4. The van der Waals surface area contributed by atoms with Gasteiger partial charge in [-0.25, -0.2) is 0 Å². The Kier molecular flexibility index (Phi) is 3.08. The molecule has 0 fully saturated rings. The van der Waals surface area contributed by atoms with Crippen LogP contribution in [0.1, 0.15) is 50.1 Å². The van der Waals surface area contributed by atoms with Crippen LogP contribution in [0.25, 0.3) is 0 Å². The first-order valence-electron chi connectivity index (χ1n) is 7.40. The Bertz CT molecular complexity index is 716. The van der Waals surface area contributed by atoms with Crippen molar-refractivity contribution in [2.45, 2.75) is 39.3 Å². The van der Waals surface area contributed by atoms with Gasteiger partial charge < -0.3 is 10.6 Å². The average Bonchev–Trinajstić information content (AvgIpc) is 3.01. The first-order chi connectivity index (χ1) is 10.1. The first kappa shape index (κ1) is 13.3. The predicted molar refractivity (Wildman–Crippen MR) is 88.4 cm³/mol. The van der Waals surface area contributed by atoms with Gasteiger partial charge in [0, 0.05) is 14.6 Å². The minimum absolute atomic E-state index is 0.0822. The number of carbonyl (C=O) groups excluding carboxylic acids is 1. The third-order valence-electron chi connectivity index (χ3n) is 4.34. The molecule has 0 radical (unpaired) electrons. The van der Waals surface area contributed by atoms with Crippen LogP contribution in [-0.4, -0.2) is 5.91 Å². The number of thiophene rings is 2. The highest BCUT2D eigenvalue weighted by atomic mass is 32.1. The third-order valence-corrected chi connectivity index (χ3v) is 6.59. The summed E-state index contributed by atoms with van der Waals surface area (Å²) in [6.07, 6.45) is 3.27. The Morgan fingerprint density at radius 2 is 2.10 bits per heavy atom. The van der Waals surface area contributed by atoms with E-state index in [1.807, 2.05) is 0 Å². The number of nitrogens with one attached hydrogen (secondary N) is 2. The fraction of sp³-hybridized carbons (Fsp3) is 0.438. The van der Waals surface area contributed by atoms with Gasteiger partial charge >= 0.3 is 0 Å². The molecule has 0 bridgehead atoms. The van der Waals surface area contributed by atoms with E-state index < -0.39 is 0 Å². The van der Waals surface area contributed by atoms with E-state index in [1.54, 1.807) is 22.7 Å². The van der Waals surface area contributed by atoms with Crippen molar-refractivity contribution in [2.75, 3.05) is 5.32 Å². The molecule has 3 nitrogen and oxygen atoms in total. The molecule has 2 aromatic heterocycles. The van der Waals surface area contributed by atoms with Crippen molar-refractivity contribution in [1.29, 1.82) is 0 Å². The Labute approximate surface area is 132 Å². The maximum atomic E-state index is 12.6. The van der Waals surface area contributed by atoms with Gasteiger partial charge in [-0.2, -0.15) is 0 Å². The molecule has 0 unspecified atom stereocenters. The maximum Gasteiger partial charge on any atom is 0.256 e. The molecule has 1 aliphatic carbocycles. The van der Waals surface area contributed by atoms with E-state index >= 15 is 0 Å². The molecule has 5 heteroatoms. The molecule has 1 amide bonds. The molecule has 2 aliphatic rings. The van der Waals surface area contributed by atoms with E-state index in [0.717, 1.165) is 29.3 Å². The number of carbonyl (C=O) groups is 1. The van der Waals surface area contributed by atoms with E-state index in [4.69, 9.17) is 0 Å². The van der Waals surface area contributed by atoms with Crippen LogP contribution in [-0.2, 0) is 12.8 Å². The number of anilines is 1. The zero-order valence-corrected chi connectivity index (χ0v) is 13.8. The standard InChI is InChI=1S/C16H18N2OS2/c1-8-3-5-10-12(7-8)21-16-13(10)15(19)17-14(18-16)11-6-4-9(2)20-11/h4,6,8,14,18H,3,5,7H2,1-2H3,(H,17,19)/t8-,14-/m0/s1. The Morgan fingerprint density at radius 3 is 2.86 bits per heavy atom. The van der Waals surface area contributed by atoms with Crippen molar-refractivity contribution in [3.05, 3.63) is 37.9 Å². The minimum atomic E-state index is -0.0822. The zero-order valence-electron chi connectivity index (χ0n) is 12.2. The molecule has 3 heterocycles. The summed E-state index contributed by atoms with van der Waals surface area (Å²) >= 11 is 3.52. The molecular formula is C16H18N2OS2. The van der Waals surface area contributed by atoms with Gasteiger partial charge in [-0.05, 0) is 49.8 Å². The predicted octanol–water partition coefficient (Wildman–Crippen LogP) is 4.10. The van der Waals surface area contributed by atoms with Crippen LogP contribution in [0.2, 0.25) is 0 Å². The third kappa shape index (κ3) is 2.19. The molecular weight excluding hydrogens is 300 g/mol. The molecule has 2 N–H and O–H groups in total. The first-order valence-corrected chi connectivity index (χ1v) is 9.03. The number of fused-ring (bicyclic) bond motifs is 3. The van der Waals surface area contributed by atoms with E-state index in [2.05, 4.69) is 36.6 Å². The number of aryl methyl sites for hydroxylation is 1. The number of amides is 1. The second kappa shape index (κ2) is 4.85. The van der Waals surface area contributed by atoms with Crippen molar-refractivity contribution in [3.63, 3.8) is 0 Å². The Hall–Kier alpha value is -1.33. The van der Waals surface area contributed by atoms with Gasteiger partial charge in [0.15, 0.2) is 0 Å². The molecule has 4 rings (SSSR count). The second-order valence-corrected chi connectivity index (χ2v) is 8.48. The van der Waals surface area contributed by atoms with Crippen LogP contribution in [0.4, 0.5) is 5.00 Å². The molecule has 0 saturated heterocycles. The summed E-state index contributed by atoms with van der Waals surface area (Å²) in [7, 11) is 0. The summed E-state index contributed by atoms with van der Waals surface area (Å²) in [6.45, 7) is 4.39. The summed E-state index contributed by atoms with van der Waals surface area (Å²) in [5, 5.41) is 7.71. The topological polar surface area (TPSA) is 41.1 Å². The van der Waals surface area contributed by atoms with Crippen LogP contribution in [0, 0.1) is 12.8 Å². The van der Waals surface area contributed by atoms with Crippen molar-refractivity contribution < 1.29 is 4.79 Å². The SMILES string of the molecule is Cc1ccc([C@H]2NC(=O)c3c(sc4c3CC[C@H](C)C4)N2)s1. The summed E-state index contributed by atoms with van der Waals surface area (Å²) in [6, 6.07) is 4.20. The maximum absolute atomic E-state index is 12.6. The Morgan fingerprint density at radius 1 is 1.24 bits per heavy atom. The van der Waals surface area contributed by atoms with Crippen molar-refractivity contribution in [1.82, 2.24) is 5.32 Å². The molecule has 21 heavy (non-hydrogen) atoms. The lowest BCUT2D eigenvalue weighted by atomic mass is 9.88. The lowest BCUT2D eigenvalue weighted by molar-refractivity contribution is 0.0936. The summed E-state index contributed by atoms with van der Waals surface area (Å²) < 4.78 is 0. The van der Waals surface area contributed by atoms with Gasteiger partial charge in [-0.15, -0.1) is 22.7 Å². The van der Waals surface area contributed by atoms with Crippen LogP contribution >= 0.6 is 22.7 Å². The molecule has 110 valence electrons. The molecule has 0 saturated carbocycles. The summed E-state index contributed by atoms with van der Waals surface area (Å²) in [4.78, 5) is 16.4. The largest absolute Gasteiger partial charge is 0.352 e. The van der Waals surface area contributed by atoms with E-state index in [1.165, 1.54) is 26.6 Å². The van der Waals surface area contributed by atoms with Crippen molar-refractivity contribution >= 4 is 33.6 Å². The van der Waals surface area contributed by atoms with Crippen LogP contribution in [0.3, 0.4) is 0 Å². The average molecular weight is 318 g/mol. The summed E-state index contributed by atoms with van der Waals surface area (Å²) in [5.41, 5.74) is 2.20. The number of hydrogen-bond donors (Lipinski definition) is 2. The monoisotopic (exact) mass is 318 g/mol. The fourth-order valence-electron chi connectivity index (χ4n) is 3.21. The molecule has 2 aromatic rings. The van der Waals surface area contributed by atoms with Gasteiger partial charge in [-0.1, -0.05) is 6.92 Å². The molecule has 1 aliphatic heterocycles. The quantitative estimate of drug-likeness (QED) is 0.831. The fourth-order valence-corrected chi connectivity index (χ4v) is 5.53. The van der Waals surface area contributed by atoms with Gasteiger partial charge in [0.2, 0.25) is 0 Å². The van der Waals surface area contributed by atoms with E-state index in [9.17, 15) is 4.79 Å². The lowest BCUT2D eigenvalue weighted by Gasteiger charge is -2.26. The van der Waals surface area contributed by atoms with E-state index in [0.29, 0.717) is 0 Å². The van der Waals surface area contributed by atoms with Gasteiger partial charge in [-0.3, -0.25) is 4.79 Å². The normalized spacial score (nSPS) is 24.0. The molecule has 2 atom stereocenters. The van der Waals surface area contributed by atoms with Gasteiger partial charge in [0.1, 0.15) is 11.2 Å². The zero-order chi connectivity index (χ0) is 14.6. The highest BCUT2D eigenvalue weighted by Gasteiger charge is 2.33. The lowest BCUT2D eigenvalue weighted by Crippen LogP contribution is -2.37. The minimum Gasteiger partial charge on any atom is -0.352 e. The van der Waals surface area contributed by atoms with Crippen LogP contribution < -0.4 is 10.6 Å². The second-order valence-electron chi connectivity index (χ2n) is 6.06. The highest BCUT2D eigenvalue weighted by molar-refractivity contribution is 7.17. The van der Waals surface area contributed by atoms with Gasteiger partial charge in [0.25, 0.3) is 5.91 Å². The van der Waals surface area contributed by atoms with E-state index in [-0.39, 0.29) is 12.1 Å². The van der Waals surface area contributed by atoms with Crippen LogP contribution in [0.15, 0.2) is 12.1 Å². The van der Waals surface area contributed by atoms with Gasteiger partial charge in [0.05, 0.1) is 5.56 Å². The van der Waals surface area contributed by atoms with Crippen molar-refractivity contribution in [2.24, 2.45) is 5.92 Å². The highest BCUT2D eigenvalue weighted by Crippen LogP contribution is 2.43. The summed E-state index contributed by atoms with van der Waals surface area (Å²) in [5.74, 6) is 0.822. The smallest absolute Gasteiger partial charge is 0.256 e.